The van der Waals surface area contributed by atoms with Gasteiger partial charge in [0.1, 0.15) is 11.6 Å². The number of nitrogens with one attached hydrogen (secondary N) is 2. The summed E-state index contributed by atoms with van der Waals surface area (Å²) in [4.78, 5) is 28.8. The number of hydrogen-bond acceptors (Lipinski definition) is 9. The highest BCUT2D eigenvalue weighted by molar-refractivity contribution is 7.89. The van der Waals surface area contributed by atoms with Gasteiger partial charge in [0.05, 0.1) is 35.3 Å². The van der Waals surface area contributed by atoms with Crippen LogP contribution in [0.5, 0.6) is 17.2 Å². The van der Waals surface area contributed by atoms with Crippen molar-refractivity contribution in [2.45, 2.75) is 63.2 Å². The Morgan fingerprint density at radius 3 is 2.37 bits per heavy atom. The second kappa shape index (κ2) is 16.7. The molecule has 5 rings (SSSR count). The van der Waals surface area contributed by atoms with Crippen LogP contribution in [0.2, 0.25) is 0 Å². The first-order chi connectivity index (χ1) is 24.3. The molecule has 0 spiro atoms. The third kappa shape index (κ3) is 9.47. The minimum absolute atomic E-state index is 0.0287. The van der Waals surface area contributed by atoms with Crippen molar-refractivity contribution in [2.24, 2.45) is 5.92 Å². The zero-order chi connectivity index (χ0) is 36.7. The quantitative estimate of drug-likeness (QED) is 0.280. The van der Waals surface area contributed by atoms with Gasteiger partial charge in [-0.2, -0.15) is 4.31 Å². The maximum Gasteiger partial charge on any atom is 0.323 e. The van der Waals surface area contributed by atoms with E-state index < -0.39 is 45.8 Å². The molecule has 0 saturated carbocycles. The molecule has 2 heterocycles. The lowest BCUT2D eigenvalue weighted by atomic mass is 10.0. The zero-order valence-electron chi connectivity index (χ0n) is 29.1. The number of sulfonamides is 1. The van der Waals surface area contributed by atoms with E-state index in [0.717, 1.165) is 18.6 Å². The van der Waals surface area contributed by atoms with E-state index in [9.17, 15) is 27.5 Å². The fraction of sp³-hybridized carbons (Fsp3) is 0.444. The van der Waals surface area contributed by atoms with Crippen LogP contribution in [0.3, 0.4) is 0 Å². The normalized spacial score (nSPS) is 20.6. The number of urea groups is 1. The molecule has 0 bridgehead atoms. The van der Waals surface area contributed by atoms with E-state index in [1.165, 1.54) is 34.5 Å². The van der Waals surface area contributed by atoms with Crippen LogP contribution < -0.4 is 24.8 Å². The van der Waals surface area contributed by atoms with Crippen molar-refractivity contribution in [3.8, 4) is 17.2 Å². The van der Waals surface area contributed by atoms with Crippen molar-refractivity contribution in [2.75, 3.05) is 50.8 Å². The number of aliphatic hydroxyl groups is 1. The third-order valence-electron chi connectivity index (χ3n) is 8.90. The molecule has 51 heavy (non-hydrogen) atoms. The number of likely N-dealkylation sites (N-methyl/N-ethyl adjacent to an activating group) is 1. The topological polar surface area (TPSA) is 156 Å². The van der Waals surface area contributed by atoms with E-state index in [1.807, 2.05) is 13.8 Å². The Bertz CT molecular complexity index is 1790. The summed E-state index contributed by atoms with van der Waals surface area (Å²) in [5.41, 5.74) is 0.991. The lowest BCUT2D eigenvalue weighted by Crippen LogP contribution is -2.48. The van der Waals surface area contributed by atoms with Crippen molar-refractivity contribution in [3.63, 3.8) is 0 Å². The van der Waals surface area contributed by atoms with Gasteiger partial charge < -0.3 is 39.6 Å². The van der Waals surface area contributed by atoms with Gasteiger partial charge in [-0.1, -0.05) is 6.92 Å². The maximum absolute atomic E-state index is 14.4. The summed E-state index contributed by atoms with van der Waals surface area (Å²) in [6.07, 6.45) is 1.20. The Balaban J connectivity index is 1.39. The highest BCUT2D eigenvalue weighted by Crippen LogP contribution is 2.34. The van der Waals surface area contributed by atoms with Crippen LogP contribution in [-0.4, -0.2) is 93.1 Å². The molecule has 2 aliphatic rings. The molecule has 0 radical (unpaired) electrons. The molecule has 3 aromatic carbocycles. The molecule has 3 amide bonds. The number of benzene rings is 3. The molecule has 0 aromatic heterocycles. The predicted molar refractivity (Wildman–Crippen MR) is 188 cm³/mol. The average Bonchev–Trinajstić information content (AvgIpc) is 3.57. The summed E-state index contributed by atoms with van der Waals surface area (Å²) in [6, 6.07) is 13.3. The SMILES string of the molecule is C[C@@H]1CCCCO[C@H](CN(C)S(=O)(=O)c2ccc(F)cc2)[C@@H](C)CN([C@H](C)CO)C(=O)c2cc(NC(=O)Nc3ccc4c(c3)OCO4)ccc2O1. The number of nitrogens with zero attached hydrogens (tertiary/aromatic N) is 2. The average molecular weight is 729 g/mol. The van der Waals surface area contributed by atoms with E-state index in [4.69, 9.17) is 18.9 Å². The Kier molecular flexibility index (Phi) is 12.4. The molecule has 3 aromatic rings. The van der Waals surface area contributed by atoms with E-state index in [0.29, 0.717) is 48.1 Å². The number of rotatable bonds is 8. The van der Waals surface area contributed by atoms with Crippen molar-refractivity contribution in [1.82, 2.24) is 9.21 Å². The van der Waals surface area contributed by atoms with Gasteiger partial charge in [0, 0.05) is 50.1 Å². The summed E-state index contributed by atoms with van der Waals surface area (Å²) in [5, 5.41) is 15.8. The van der Waals surface area contributed by atoms with Gasteiger partial charge in [-0.3, -0.25) is 4.79 Å². The molecule has 0 saturated heterocycles. The van der Waals surface area contributed by atoms with Crippen LogP contribution in [-0.2, 0) is 14.8 Å². The summed E-state index contributed by atoms with van der Waals surface area (Å²) in [6.45, 7) is 5.66. The predicted octanol–water partition coefficient (Wildman–Crippen LogP) is 5.31. The molecule has 15 heteroatoms. The Labute approximate surface area is 297 Å². The molecular weight excluding hydrogens is 683 g/mol. The number of carbonyl (C=O) groups is 2. The summed E-state index contributed by atoms with van der Waals surface area (Å²) in [7, 11) is -2.54. The highest BCUT2D eigenvalue weighted by atomic mass is 32.2. The number of carbonyl (C=O) groups excluding carboxylic acids is 2. The van der Waals surface area contributed by atoms with Gasteiger partial charge in [-0.05, 0) is 87.7 Å². The van der Waals surface area contributed by atoms with E-state index in [2.05, 4.69) is 10.6 Å². The molecule has 276 valence electrons. The minimum Gasteiger partial charge on any atom is -0.490 e. The van der Waals surface area contributed by atoms with Crippen LogP contribution >= 0.6 is 0 Å². The first kappa shape index (κ1) is 37.8. The standard InChI is InChI=1S/C36H45FN4O9S/c1-23-19-41(24(2)21-42)35(43)30-17-27(38-36(44)39-28-11-15-32-33(18-28)49-22-48-32)10-14-31(30)50-25(3)7-5-6-16-47-34(23)20-40(4)51(45,46)29-12-8-26(37)9-13-29/h8-15,17-18,23-25,34,42H,5-7,16,19-22H2,1-4H3,(H2,38,39,44)/t23-,24+,25+,34+/m0/s1. The number of anilines is 2. The number of amides is 3. The van der Waals surface area contributed by atoms with Gasteiger partial charge in [0.2, 0.25) is 16.8 Å². The van der Waals surface area contributed by atoms with Gasteiger partial charge in [-0.25, -0.2) is 17.6 Å². The lowest BCUT2D eigenvalue weighted by molar-refractivity contribution is -0.00834. The number of ether oxygens (including phenoxy) is 4. The number of fused-ring (bicyclic) bond motifs is 2. The van der Waals surface area contributed by atoms with E-state index in [1.54, 1.807) is 37.3 Å². The fourth-order valence-corrected chi connectivity index (χ4v) is 7.05. The second-order valence-corrected chi connectivity index (χ2v) is 14.9. The summed E-state index contributed by atoms with van der Waals surface area (Å²) in [5.74, 6) is 0.0262. The van der Waals surface area contributed by atoms with Crippen LogP contribution in [0, 0.1) is 11.7 Å². The highest BCUT2D eigenvalue weighted by Gasteiger charge is 2.32. The molecule has 4 atom stereocenters. The molecular formula is C36H45FN4O9S. The maximum atomic E-state index is 14.4. The smallest absolute Gasteiger partial charge is 0.323 e. The lowest BCUT2D eigenvalue weighted by Gasteiger charge is -2.35. The van der Waals surface area contributed by atoms with Crippen LogP contribution in [0.4, 0.5) is 20.6 Å². The first-order valence-corrected chi connectivity index (χ1v) is 18.3. The van der Waals surface area contributed by atoms with Crippen LogP contribution in [0.25, 0.3) is 0 Å². The molecule has 0 fully saturated rings. The molecule has 0 aliphatic carbocycles. The van der Waals surface area contributed by atoms with Crippen molar-refractivity contribution >= 4 is 33.3 Å². The van der Waals surface area contributed by atoms with Gasteiger partial charge in [0.15, 0.2) is 11.5 Å². The van der Waals surface area contributed by atoms with Crippen molar-refractivity contribution < 1.29 is 46.5 Å². The number of aliphatic hydroxyl groups excluding tert-OH is 1. The van der Waals surface area contributed by atoms with E-state index in [-0.39, 0.29) is 43.1 Å². The molecule has 13 nitrogen and oxygen atoms in total. The van der Waals surface area contributed by atoms with E-state index >= 15 is 0 Å². The Morgan fingerprint density at radius 2 is 1.67 bits per heavy atom. The summed E-state index contributed by atoms with van der Waals surface area (Å²) < 4.78 is 64.7. The Hall–Kier alpha value is -4.44. The van der Waals surface area contributed by atoms with Crippen LogP contribution in [0.15, 0.2) is 65.6 Å². The third-order valence-corrected chi connectivity index (χ3v) is 10.7. The minimum atomic E-state index is -3.97. The summed E-state index contributed by atoms with van der Waals surface area (Å²) >= 11 is 0. The van der Waals surface area contributed by atoms with Crippen molar-refractivity contribution in [3.05, 3.63) is 72.0 Å². The Morgan fingerprint density at radius 1 is 1.00 bits per heavy atom. The zero-order valence-corrected chi connectivity index (χ0v) is 30.0. The first-order valence-electron chi connectivity index (χ1n) is 16.9. The number of hydrogen-bond donors (Lipinski definition) is 3. The molecule has 2 aliphatic heterocycles. The van der Waals surface area contributed by atoms with Gasteiger partial charge in [-0.15, -0.1) is 0 Å². The van der Waals surface area contributed by atoms with Crippen molar-refractivity contribution in [1.29, 1.82) is 0 Å². The number of halogens is 1. The monoisotopic (exact) mass is 728 g/mol. The second-order valence-electron chi connectivity index (χ2n) is 12.9. The largest absolute Gasteiger partial charge is 0.490 e. The van der Waals surface area contributed by atoms with Gasteiger partial charge >= 0.3 is 6.03 Å². The van der Waals surface area contributed by atoms with Crippen LogP contribution in [0.1, 0.15) is 50.4 Å². The van der Waals surface area contributed by atoms with Gasteiger partial charge in [0.25, 0.3) is 5.91 Å². The fourth-order valence-electron chi connectivity index (χ4n) is 5.87. The molecule has 3 N–H and O–H groups in total. The molecule has 0 unspecified atom stereocenters.